The van der Waals surface area contributed by atoms with E-state index >= 15 is 0 Å². The number of hydrogen-bond donors (Lipinski definition) is 1. The number of likely N-dealkylation sites (tertiary alicyclic amines) is 1. The van der Waals surface area contributed by atoms with E-state index in [0.717, 1.165) is 6.26 Å². The van der Waals surface area contributed by atoms with Crippen LogP contribution in [-0.4, -0.2) is 54.3 Å². The molecule has 7 nitrogen and oxygen atoms in total. The molecule has 0 radical (unpaired) electrons. The summed E-state index contributed by atoms with van der Waals surface area (Å²) in [5.41, 5.74) is 0. The highest BCUT2D eigenvalue weighted by molar-refractivity contribution is 7.90. The first kappa shape index (κ1) is 13.6. The van der Waals surface area contributed by atoms with E-state index in [1.54, 1.807) is 0 Å². The molecule has 0 aromatic rings. The molecule has 1 saturated heterocycles. The van der Waals surface area contributed by atoms with E-state index in [1.807, 2.05) is 0 Å². The first-order valence-electron chi connectivity index (χ1n) is 4.98. The van der Waals surface area contributed by atoms with Gasteiger partial charge in [0, 0.05) is 19.1 Å². The third kappa shape index (κ3) is 3.52. The van der Waals surface area contributed by atoms with Gasteiger partial charge in [-0.3, -0.25) is 14.5 Å². The number of hydrogen-bond acceptors (Lipinski definition) is 5. The van der Waals surface area contributed by atoms with Gasteiger partial charge in [-0.25, -0.2) is 13.2 Å². The third-order valence-corrected chi connectivity index (χ3v) is 3.43. The molecule has 0 aromatic carbocycles. The van der Waals surface area contributed by atoms with Gasteiger partial charge >= 0.3 is 5.97 Å². The smallest absolute Gasteiger partial charge is 0.326 e. The van der Waals surface area contributed by atoms with Gasteiger partial charge in [0.1, 0.15) is 15.9 Å². The first-order chi connectivity index (χ1) is 7.72. The van der Waals surface area contributed by atoms with Crippen LogP contribution in [-0.2, 0) is 24.2 Å². The standard InChI is InChI=1S/C9H13NO6S/c1-17(15,16)5-4-6(9(13)14)10-7(11)2-3-8(10)12/h6H,2-5H2,1H3,(H,13,14). The van der Waals surface area contributed by atoms with E-state index in [4.69, 9.17) is 5.11 Å². The number of aliphatic carboxylic acids is 1. The fourth-order valence-corrected chi connectivity index (χ4v) is 2.28. The fraction of sp³-hybridized carbons (Fsp3) is 0.667. The minimum atomic E-state index is -3.33. The molecule has 17 heavy (non-hydrogen) atoms. The van der Waals surface area contributed by atoms with Crippen molar-refractivity contribution in [1.29, 1.82) is 0 Å². The van der Waals surface area contributed by atoms with Crippen molar-refractivity contribution < 1.29 is 27.9 Å². The Labute approximate surface area is 98.3 Å². The number of rotatable bonds is 5. The van der Waals surface area contributed by atoms with Gasteiger partial charge in [0.15, 0.2) is 0 Å². The van der Waals surface area contributed by atoms with E-state index in [2.05, 4.69) is 0 Å². The molecule has 1 N–H and O–H groups in total. The zero-order valence-electron chi connectivity index (χ0n) is 9.25. The van der Waals surface area contributed by atoms with Crippen LogP contribution in [0.5, 0.6) is 0 Å². The number of carbonyl (C=O) groups is 3. The van der Waals surface area contributed by atoms with Gasteiger partial charge in [-0.15, -0.1) is 0 Å². The van der Waals surface area contributed by atoms with Gasteiger partial charge in [0.05, 0.1) is 5.75 Å². The molecule has 0 saturated carbocycles. The van der Waals surface area contributed by atoms with E-state index in [0.29, 0.717) is 4.90 Å². The van der Waals surface area contributed by atoms with Crippen molar-refractivity contribution in [2.24, 2.45) is 0 Å². The quantitative estimate of drug-likeness (QED) is 0.639. The molecule has 1 unspecified atom stereocenters. The monoisotopic (exact) mass is 263 g/mol. The second kappa shape index (κ2) is 4.82. The van der Waals surface area contributed by atoms with Gasteiger partial charge in [-0.1, -0.05) is 0 Å². The lowest BCUT2D eigenvalue weighted by molar-refractivity contribution is -0.154. The van der Waals surface area contributed by atoms with E-state index in [9.17, 15) is 22.8 Å². The van der Waals surface area contributed by atoms with Crippen molar-refractivity contribution >= 4 is 27.6 Å². The van der Waals surface area contributed by atoms with Gasteiger partial charge < -0.3 is 5.11 Å². The lowest BCUT2D eigenvalue weighted by Gasteiger charge is -2.21. The van der Waals surface area contributed by atoms with Crippen molar-refractivity contribution in [1.82, 2.24) is 4.90 Å². The lowest BCUT2D eigenvalue weighted by atomic mass is 10.2. The van der Waals surface area contributed by atoms with Crippen molar-refractivity contribution in [3.05, 3.63) is 0 Å². The lowest BCUT2D eigenvalue weighted by Crippen LogP contribution is -2.45. The molecule has 1 heterocycles. The maximum atomic E-state index is 11.3. The number of carboxylic acid groups (broad SMARTS) is 1. The van der Waals surface area contributed by atoms with Crippen LogP contribution in [0.4, 0.5) is 0 Å². The average molecular weight is 263 g/mol. The van der Waals surface area contributed by atoms with Crippen LogP contribution >= 0.6 is 0 Å². The Hall–Kier alpha value is -1.44. The second-order valence-electron chi connectivity index (χ2n) is 3.93. The summed E-state index contributed by atoms with van der Waals surface area (Å²) in [6.07, 6.45) is 0.675. The van der Waals surface area contributed by atoms with Crippen molar-refractivity contribution in [2.45, 2.75) is 25.3 Å². The molecule has 8 heteroatoms. The van der Waals surface area contributed by atoms with Gasteiger partial charge in [-0.2, -0.15) is 0 Å². The topological polar surface area (TPSA) is 109 Å². The molecule has 1 aliphatic heterocycles. The summed E-state index contributed by atoms with van der Waals surface area (Å²) in [6, 6.07) is -1.38. The first-order valence-corrected chi connectivity index (χ1v) is 7.04. The Morgan fingerprint density at radius 1 is 1.35 bits per heavy atom. The molecule has 1 rings (SSSR count). The molecule has 1 aliphatic rings. The van der Waals surface area contributed by atoms with E-state index < -0.39 is 33.7 Å². The van der Waals surface area contributed by atoms with Crippen molar-refractivity contribution in [3.8, 4) is 0 Å². The molecule has 0 aliphatic carbocycles. The molecule has 1 atom stereocenters. The van der Waals surface area contributed by atoms with Crippen LogP contribution in [0.3, 0.4) is 0 Å². The molecular weight excluding hydrogens is 250 g/mol. The van der Waals surface area contributed by atoms with Crippen molar-refractivity contribution in [3.63, 3.8) is 0 Å². The third-order valence-electron chi connectivity index (χ3n) is 2.45. The van der Waals surface area contributed by atoms with Gasteiger partial charge in [0.2, 0.25) is 11.8 Å². The Balaban J connectivity index is 2.83. The average Bonchev–Trinajstić information content (AvgIpc) is 2.47. The molecule has 1 fully saturated rings. The van der Waals surface area contributed by atoms with Crippen LogP contribution in [0, 0.1) is 0 Å². The molecule has 0 spiro atoms. The number of nitrogens with zero attached hydrogens (tertiary/aromatic N) is 1. The van der Waals surface area contributed by atoms with Crippen LogP contribution < -0.4 is 0 Å². The summed E-state index contributed by atoms with van der Waals surface area (Å²) in [5.74, 6) is -2.86. The maximum absolute atomic E-state index is 11.3. The van der Waals surface area contributed by atoms with Crippen LogP contribution in [0.2, 0.25) is 0 Å². The SMILES string of the molecule is CS(=O)(=O)CCC(C(=O)O)N1C(=O)CCC1=O. The Morgan fingerprint density at radius 2 is 1.82 bits per heavy atom. The number of carbonyl (C=O) groups excluding carboxylic acids is 2. The zero-order chi connectivity index (χ0) is 13.2. The zero-order valence-corrected chi connectivity index (χ0v) is 10.1. The highest BCUT2D eigenvalue weighted by atomic mass is 32.2. The largest absolute Gasteiger partial charge is 0.480 e. The van der Waals surface area contributed by atoms with Crippen LogP contribution in [0.25, 0.3) is 0 Å². The van der Waals surface area contributed by atoms with Gasteiger partial charge in [0.25, 0.3) is 0 Å². The number of amides is 2. The summed E-state index contributed by atoms with van der Waals surface area (Å²) < 4.78 is 21.9. The van der Waals surface area contributed by atoms with Crippen molar-refractivity contribution in [2.75, 3.05) is 12.0 Å². The molecule has 0 bridgehead atoms. The summed E-state index contributed by atoms with van der Waals surface area (Å²) in [4.78, 5) is 34.3. The Bertz CT molecular complexity index is 438. The van der Waals surface area contributed by atoms with Crippen LogP contribution in [0.15, 0.2) is 0 Å². The summed E-state index contributed by atoms with van der Waals surface area (Å²) in [6.45, 7) is 0. The Morgan fingerprint density at radius 3 is 2.18 bits per heavy atom. The normalized spacial score (nSPS) is 18.5. The predicted molar refractivity (Wildman–Crippen MR) is 56.8 cm³/mol. The molecule has 2 amide bonds. The fourth-order valence-electron chi connectivity index (χ4n) is 1.63. The summed E-state index contributed by atoms with van der Waals surface area (Å²) in [7, 11) is -3.33. The minimum Gasteiger partial charge on any atom is -0.480 e. The highest BCUT2D eigenvalue weighted by Gasteiger charge is 2.38. The van der Waals surface area contributed by atoms with Gasteiger partial charge in [-0.05, 0) is 6.42 Å². The predicted octanol–water partition coefficient (Wildman–Crippen LogP) is -0.977. The second-order valence-corrected chi connectivity index (χ2v) is 6.19. The number of imide groups is 1. The molecule has 96 valence electrons. The summed E-state index contributed by atoms with van der Waals surface area (Å²) >= 11 is 0. The highest BCUT2D eigenvalue weighted by Crippen LogP contribution is 2.18. The molecular formula is C9H13NO6S. The number of carboxylic acids is 1. The maximum Gasteiger partial charge on any atom is 0.326 e. The van der Waals surface area contributed by atoms with E-state index in [-0.39, 0.29) is 25.0 Å². The number of sulfone groups is 1. The molecule has 0 aromatic heterocycles. The summed E-state index contributed by atoms with van der Waals surface area (Å²) in [5, 5.41) is 8.93. The minimum absolute atomic E-state index is 0.0124. The van der Waals surface area contributed by atoms with E-state index in [1.165, 1.54) is 0 Å². The Kier molecular flexibility index (Phi) is 3.87. The van der Waals surface area contributed by atoms with Crippen LogP contribution in [0.1, 0.15) is 19.3 Å².